The summed E-state index contributed by atoms with van der Waals surface area (Å²) in [6, 6.07) is 14.7. The number of hydrogen-bond acceptors (Lipinski definition) is 3. The summed E-state index contributed by atoms with van der Waals surface area (Å²) in [6.07, 6.45) is 0. The van der Waals surface area contributed by atoms with Gasteiger partial charge in [-0.1, -0.05) is 54.2 Å². The lowest BCUT2D eigenvalue weighted by Gasteiger charge is -2.17. The quantitative estimate of drug-likeness (QED) is 0.801. The van der Waals surface area contributed by atoms with Gasteiger partial charge in [0.1, 0.15) is 4.99 Å². The van der Waals surface area contributed by atoms with E-state index >= 15 is 0 Å². The van der Waals surface area contributed by atoms with E-state index < -0.39 is 10.0 Å². The Labute approximate surface area is 123 Å². The van der Waals surface area contributed by atoms with E-state index in [0.29, 0.717) is 15.4 Å². The molecule has 0 aliphatic carbocycles. The van der Waals surface area contributed by atoms with Gasteiger partial charge in [-0.2, -0.15) is 0 Å². The lowest BCUT2D eigenvalue weighted by atomic mass is 10.1. The predicted molar refractivity (Wildman–Crippen MR) is 82.0 cm³/mol. The zero-order valence-corrected chi connectivity index (χ0v) is 12.5. The minimum absolute atomic E-state index is 0.274. The van der Waals surface area contributed by atoms with Gasteiger partial charge in [-0.3, -0.25) is 4.31 Å². The second kappa shape index (κ2) is 4.68. The van der Waals surface area contributed by atoms with Gasteiger partial charge in [-0.05, 0) is 24.6 Å². The van der Waals surface area contributed by atoms with Crippen molar-refractivity contribution >= 4 is 27.2 Å². The van der Waals surface area contributed by atoms with Gasteiger partial charge in [0, 0.05) is 5.56 Å². The number of hydrogen-bond donors (Lipinski definition) is 0. The largest absolute Gasteiger partial charge is 0.266 e. The zero-order chi connectivity index (χ0) is 14.3. The van der Waals surface area contributed by atoms with Gasteiger partial charge in [0.2, 0.25) is 0 Å². The predicted octanol–water partition coefficient (Wildman–Crippen LogP) is 2.88. The van der Waals surface area contributed by atoms with Crippen LogP contribution >= 0.6 is 12.2 Å². The van der Waals surface area contributed by atoms with Crippen LogP contribution in [0.3, 0.4) is 0 Å². The van der Waals surface area contributed by atoms with Crippen LogP contribution in [-0.4, -0.2) is 17.7 Å². The monoisotopic (exact) mass is 303 g/mol. The Morgan fingerprint density at radius 1 is 1.10 bits per heavy atom. The van der Waals surface area contributed by atoms with Crippen LogP contribution in [0.5, 0.6) is 0 Å². The average molecular weight is 303 g/mol. The highest BCUT2D eigenvalue weighted by Gasteiger charge is 2.38. The molecule has 0 N–H and O–H groups in total. The van der Waals surface area contributed by atoms with E-state index in [1.807, 2.05) is 43.3 Å². The molecule has 0 saturated heterocycles. The molecule has 0 radical (unpaired) electrons. The van der Waals surface area contributed by atoms with Crippen molar-refractivity contribution in [3.05, 3.63) is 65.2 Å². The molecular formula is C15H13NO2S2. The first-order valence-corrected chi connectivity index (χ1v) is 8.06. The minimum Gasteiger partial charge on any atom is -0.251 e. The van der Waals surface area contributed by atoms with Gasteiger partial charge in [0.05, 0.1) is 11.4 Å². The van der Waals surface area contributed by atoms with Crippen LogP contribution in [-0.2, 0) is 16.6 Å². The van der Waals surface area contributed by atoms with Crippen LogP contribution in [0.15, 0.2) is 53.4 Å². The van der Waals surface area contributed by atoms with Crippen molar-refractivity contribution in [3.8, 4) is 0 Å². The molecule has 20 heavy (non-hydrogen) atoms. The molecule has 102 valence electrons. The van der Waals surface area contributed by atoms with Gasteiger partial charge in [0.25, 0.3) is 10.0 Å². The molecule has 0 aromatic heterocycles. The average Bonchev–Trinajstić information content (AvgIpc) is 2.61. The van der Waals surface area contributed by atoms with Crippen molar-refractivity contribution in [1.82, 2.24) is 4.31 Å². The number of rotatable bonds is 2. The van der Waals surface area contributed by atoms with E-state index in [1.165, 1.54) is 4.31 Å². The standard InChI is InChI=1S/C15H13NO2S2/c1-11-7-8-14-13(9-11)15(19)16(20(14,17)18)10-12-5-3-2-4-6-12/h2-9H,10H2,1H3. The molecule has 3 nitrogen and oxygen atoms in total. The third-order valence-electron chi connectivity index (χ3n) is 3.33. The third kappa shape index (κ3) is 2.03. The molecule has 0 bridgehead atoms. The van der Waals surface area contributed by atoms with Gasteiger partial charge in [0.15, 0.2) is 0 Å². The van der Waals surface area contributed by atoms with Crippen molar-refractivity contribution in [2.75, 3.05) is 0 Å². The van der Waals surface area contributed by atoms with Crippen molar-refractivity contribution in [1.29, 1.82) is 0 Å². The summed E-state index contributed by atoms with van der Waals surface area (Å²) in [7, 11) is -3.52. The molecule has 1 aliphatic rings. The van der Waals surface area contributed by atoms with E-state index in [9.17, 15) is 8.42 Å². The van der Waals surface area contributed by atoms with E-state index in [2.05, 4.69) is 0 Å². The summed E-state index contributed by atoms with van der Waals surface area (Å²) in [4.78, 5) is 0.691. The Bertz CT molecular complexity index is 783. The molecule has 0 spiro atoms. The van der Waals surface area contributed by atoms with Gasteiger partial charge < -0.3 is 0 Å². The van der Waals surface area contributed by atoms with Crippen molar-refractivity contribution < 1.29 is 8.42 Å². The molecule has 5 heteroatoms. The molecule has 0 unspecified atom stereocenters. The van der Waals surface area contributed by atoms with Crippen LogP contribution in [0.2, 0.25) is 0 Å². The summed E-state index contributed by atoms with van der Waals surface area (Å²) < 4.78 is 26.4. The Morgan fingerprint density at radius 2 is 1.80 bits per heavy atom. The van der Waals surface area contributed by atoms with Crippen LogP contribution < -0.4 is 0 Å². The lowest BCUT2D eigenvalue weighted by molar-refractivity contribution is 0.530. The van der Waals surface area contributed by atoms with Crippen LogP contribution in [0, 0.1) is 6.92 Å². The SMILES string of the molecule is Cc1ccc2c(c1)C(=S)N(Cc1ccccc1)S2(=O)=O. The Hall–Kier alpha value is -1.72. The summed E-state index contributed by atoms with van der Waals surface area (Å²) in [5, 5.41) is 0. The van der Waals surface area contributed by atoms with Crippen LogP contribution in [0.1, 0.15) is 16.7 Å². The third-order valence-corrected chi connectivity index (χ3v) is 5.69. The first kappa shape index (κ1) is 13.3. The maximum absolute atomic E-state index is 12.5. The highest BCUT2D eigenvalue weighted by molar-refractivity contribution is 7.92. The first-order valence-electron chi connectivity index (χ1n) is 6.22. The Morgan fingerprint density at radius 3 is 2.50 bits per heavy atom. The summed E-state index contributed by atoms with van der Waals surface area (Å²) in [6.45, 7) is 2.20. The Balaban J connectivity index is 2.05. The number of aryl methyl sites for hydroxylation is 1. The van der Waals surface area contributed by atoms with Crippen LogP contribution in [0.25, 0.3) is 0 Å². The molecule has 0 saturated carbocycles. The number of fused-ring (bicyclic) bond motifs is 1. The number of benzene rings is 2. The highest BCUT2D eigenvalue weighted by atomic mass is 32.2. The van der Waals surface area contributed by atoms with E-state index in [1.54, 1.807) is 12.1 Å². The minimum atomic E-state index is -3.52. The number of thiocarbonyl (C=S) groups is 1. The fraction of sp³-hybridized carbons (Fsp3) is 0.133. The lowest BCUT2D eigenvalue weighted by Crippen LogP contribution is -2.28. The highest BCUT2D eigenvalue weighted by Crippen LogP contribution is 2.32. The van der Waals surface area contributed by atoms with E-state index in [-0.39, 0.29) is 6.54 Å². The molecule has 1 aliphatic heterocycles. The van der Waals surface area contributed by atoms with Crippen molar-refractivity contribution in [2.24, 2.45) is 0 Å². The maximum atomic E-state index is 12.5. The van der Waals surface area contributed by atoms with E-state index in [4.69, 9.17) is 12.2 Å². The summed E-state index contributed by atoms with van der Waals surface area (Å²) >= 11 is 5.35. The number of sulfonamides is 1. The first-order chi connectivity index (χ1) is 9.50. The molecule has 2 aromatic rings. The smallest absolute Gasteiger partial charge is 0.251 e. The molecule has 0 fully saturated rings. The second-order valence-corrected chi connectivity index (χ2v) is 7.02. The molecule has 0 amide bonds. The van der Waals surface area contributed by atoms with Crippen molar-refractivity contribution in [2.45, 2.75) is 18.4 Å². The van der Waals surface area contributed by atoms with Crippen LogP contribution in [0.4, 0.5) is 0 Å². The summed E-state index contributed by atoms with van der Waals surface area (Å²) in [5.74, 6) is 0. The molecule has 2 aromatic carbocycles. The fourth-order valence-corrected chi connectivity index (χ4v) is 4.44. The molecule has 1 heterocycles. The Kier molecular flexibility index (Phi) is 3.11. The zero-order valence-electron chi connectivity index (χ0n) is 10.9. The van der Waals surface area contributed by atoms with E-state index in [0.717, 1.165) is 11.1 Å². The number of nitrogens with zero attached hydrogens (tertiary/aromatic N) is 1. The van der Waals surface area contributed by atoms with Gasteiger partial charge in [-0.25, -0.2) is 8.42 Å². The molecular weight excluding hydrogens is 290 g/mol. The topological polar surface area (TPSA) is 37.4 Å². The van der Waals surface area contributed by atoms with Gasteiger partial charge >= 0.3 is 0 Å². The van der Waals surface area contributed by atoms with Gasteiger partial charge in [-0.15, -0.1) is 0 Å². The fourth-order valence-electron chi connectivity index (χ4n) is 2.30. The molecule has 0 atom stereocenters. The maximum Gasteiger partial charge on any atom is 0.266 e. The second-order valence-electron chi connectivity index (χ2n) is 4.80. The summed E-state index contributed by atoms with van der Waals surface area (Å²) in [5.41, 5.74) is 2.56. The normalized spacial score (nSPS) is 16.2. The van der Waals surface area contributed by atoms with Crippen molar-refractivity contribution in [3.63, 3.8) is 0 Å². The molecule has 3 rings (SSSR count).